The van der Waals surface area contributed by atoms with E-state index in [4.69, 9.17) is 11.6 Å². The van der Waals surface area contributed by atoms with Gasteiger partial charge in [0.1, 0.15) is 5.82 Å². The molecular weight excluding hydrogens is 261 g/mol. The van der Waals surface area contributed by atoms with Gasteiger partial charge >= 0.3 is 0 Å². The van der Waals surface area contributed by atoms with E-state index in [0.717, 1.165) is 18.5 Å². The van der Waals surface area contributed by atoms with Crippen molar-refractivity contribution in [3.05, 3.63) is 34.6 Å². The maximum absolute atomic E-state index is 14.1. The van der Waals surface area contributed by atoms with Crippen LogP contribution in [-0.4, -0.2) is 12.6 Å². The fraction of sp³-hybridized carbons (Fsp3) is 0.625. The van der Waals surface area contributed by atoms with Gasteiger partial charge < -0.3 is 5.32 Å². The van der Waals surface area contributed by atoms with Gasteiger partial charge in [0, 0.05) is 18.5 Å². The second-order valence-electron chi connectivity index (χ2n) is 6.89. The van der Waals surface area contributed by atoms with Crippen molar-refractivity contribution < 1.29 is 4.39 Å². The smallest absolute Gasteiger partial charge is 0.145 e. The van der Waals surface area contributed by atoms with E-state index in [1.165, 1.54) is 0 Å². The minimum Gasteiger partial charge on any atom is -0.313 e. The Bertz CT molecular complexity index is 453. The minimum absolute atomic E-state index is 0.214. The van der Waals surface area contributed by atoms with Crippen LogP contribution >= 0.6 is 11.6 Å². The van der Waals surface area contributed by atoms with E-state index in [2.05, 4.69) is 33.0 Å². The predicted octanol–water partition coefficient (Wildman–Crippen LogP) is 4.61. The standard InChI is InChI=1S/C16H23ClFN/c1-10-12(9-19-14(10)8-16(2,3)4)11-6-5-7-13(17)15(11)18/h5-7,10,12,14,19H,8-9H2,1-4H3/t10-,12-,14?/m0/s1. The van der Waals surface area contributed by atoms with Gasteiger partial charge in [-0.15, -0.1) is 0 Å². The summed E-state index contributed by atoms with van der Waals surface area (Å²) in [6.07, 6.45) is 1.10. The van der Waals surface area contributed by atoms with Gasteiger partial charge in [-0.05, 0) is 29.4 Å². The SMILES string of the molecule is C[C@@H]1C(CC(C)(C)C)NC[C@@H]1c1cccc(Cl)c1F. The van der Waals surface area contributed by atoms with Gasteiger partial charge in [-0.3, -0.25) is 0 Å². The van der Waals surface area contributed by atoms with Crippen LogP contribution in [0.4, 0.5) is 4.39 Å². The van der Waals surface area contributed by atoms with Crippen LogP contribution in [0.2, 0.25) is 5.02 Å². The minimum atomic E-state index is -0.251. The van der Waals surface area contributed by atoms with Gasteiger partial charge in [0.2, 0.25) is 0 Å². The van der Waals surface area contributed by atoms with Crippen molar-refractivity contribution in [2.24, 2.45) is 11.3 Å². The first-order valence-electron chi connectivity index (χ1n) is 6.97. The van der Waals surface area contributed by atoms with E-state index < -0.39 is 0 Å². The lowest BCUT2D eigenvalue weighted by Gasteiger charge is -2.27. The Morgan fingerprint density at radius 3 is 2.68 bits per heavy atom. The summed E-state index contributed by atoms with van der Waals surface area (Å²) in [6, 6.07) is 5.76. The predicted molar refractivity (Wildman–Crippen MR) is 79.2 cm³/mol. The van der Waals surface area contributed by atoms with Crippen LogP contribution < -0.4 is 5.32 Å². The molecule has 1 aromatic carbocycles. The molecule has 0 amide bonds. The van der Waals surface area contributed by atoms with E-state index in [1.54, 1.807) is 6.07 Å². The number of hydrogen-bond acceptors (Lipinski definition) is 1. The summed E-state index contributed by atoms with van der Waals surface area (Å²) in [4.78, 5) is 0. The normalized spacial score (nSPS) is 27.8. The third kappa shape index (κ3) is 3.29. The molecule has 1 aliphatic rings. The van der Waals surface area contributed by atoms with Crippen molar-refractivity contribution in [3.8, 4) is 0 Å². The average molecular weight is 284 g/mol. The number of benzene rings is 1. The Morgan fingerprint density at radius 1 is 1.37 bits per heavy atom. The van der Waals surface area contributed by atoms with Crippen LogP contribution in [0.15, 0.2) is 18.2 Å². The molecule has 1 aliphatic heterocycles. The van der Waals surface area contributed by atoms with Crippen molar-refractivity contribution in [1.29, 1.82) is 0 Å². The first-order chi connectivity index (χ1) is 8.79. The molecule has 0 aliphatic carbocycles. The van der Waals surface area contributed by atoms with Gasteiger partial charge in [-0.1, -0.05) is 51.4 Å². The number of hydrogen-bond donors (Lipinski definition) is 1. The Labute approximate surface area is 120 Å². The summed E-state index contributed by atoms with van der Waals surface area (Å²) in [5.41, 5.74) is 1.04. The molecule has 0 bridgehead atoms. The summed E-state index contributed by atoms with van der Waals surface area (Å²) in [5.74, 6) is 0.387. The lowest BCUT2D eigenvalue weighted by Crippen LogP contribution is -2.30. The van der Waals surface area contributed by atoms with Crippen LogP contribution in [0.3, 0.4) is 0 Å². The van der Waals surface area contributed by atoms with Crippen LogP contribution in [-0.2, 0) is 0 Å². The molecule has 1 aromatic rings. The summed E-state index contributed by atoms with van der Waals surface area (Å²) in [5, 5.41) is 3.77. The quantitative estimate of drug-likeness (QED) is 0.836. The molecule has 1 unspecified atom stereocenters. The summed E-state index contributed by atoms with van der Waals surface area (Å²) in [7, 11) is 0. The zero-order chi connectivity index (χ0) is 14.2. The fourth-order valence-corrected chi connectivity index (χ4v) is 3.23. The first-order valence-corrected chi connectivity index (χ1v) is 7.34. The second kappa shape index (κ2) is 5.41. The second-order valence-corrected chi connectivity index (χ2v) is 7.30. The zero-order valence-corrected chi connectivity index (χ0v) is 12.9. The van der Waals surface area contributed by atoms with Crippen LogP contribution in [0, 0.1) is 17.2 Å². The van der Waals surface area contributed by atoms with Crippen LogP contribution in [0.1, 0.15) is 45.6 Å². The highest BCUT2D eigenvalue weighted by Crippen LogP contribution is 2.38. The average Bonchev–Trinajstić information content (AvgIpc) is 2.63. The molecule has 1 nitrogen and oxygen atoms in total. The summed E-state index contributed by atoms with van der Waals surface area (Å²) < 4.78 is 14.1. The molecule has 0 saturated carbocycles. The number of rotatable bonds is 2. The highest BCUT2D eigenvalue weighted by molar-refractivity contribution is 6.30. The molecule has 1 N–H and O–H groups in total. The van der Waals surface area contributed by atoms with Gasteiger partial charge in [0.15, 0.2) is 0 Å². The summed E-state index contributed by atoms with van der Waals surface area (Å²) >= 11 is 5.89. The van der Waals surface area contributed by atoms with Gasteiger partial charge in [0.05, 0.1) is 5.02 Å². The number of nitrogens with one attached hydrogen (secondary N) is 1. The number of halogens is 2. The van der Waals surface area contributed by atoms with Crippen molar-refractivity contribution >= 4 is 11.6 Å². The molecule has 3 atom stereocenters. The molecule has 0 spiro atoms. The van der Waals surface area contributed by atoms with E-state index in [9.17, 15) is 4.39 Å². The molecule has 1 saturated heterocycles. The molecule has 106 valence electrons. The third-order valence-electron chi connectivity index (χ3n) is 4.08. The molecule has 3 heteroatoms. The van der Waals surface area contributed by atoms with E-state index in [0.29, 0.717) is 12.0 Å². The third-order valence-corrected chi connectivity index (χ3v) is 4.37. The topological polar surface area (TPSA) is 12.0 Å². The molecule has 1 fully saturated rings. The molecular formula is C16H23ClFN. The van der Waals surface area contributed by atoms with E-state index in [-0.39, 0.29) is 22.2 Å². The van der Waals surface area contributed by atoms with E-state index in [1.807, 2.05) is 12.1 Å². The van der Waals surface area contributed by atoms with Crippen molar-refractivity contribution in [3.63, 3.8) is 0 Å². The zero-order valence-electron chi connectivity index (χ0n) is 12.1. The van der Waals surface area contributed by atoms with Gasteiger partial charge in [-0.2, -0.15) is 0 Å². The van der Waals surface area contributed by atoms with E-state index >= 15 is 0 Å². The molecule has 19 heavy (non-hydrogen) atoms. The molecule has 1 heterocycles. The lowest BCUT2D eigenvalue weighted by atomic mass is 9.80. The highest BCUT2D eigenvalue weighted by atomic mass is 35.5. The molecule has 2 rings (SSSR count). The molecule has 0 radical (unpaired) electrons. The largest absolute Gasteiger partial charge is 0.313 e. The van der Waals surface area contributed by atoms with Gasteiger partial charge in [-0.25, -0.2) is 4.39 Å². The maximum Gasteiger partial charge on any atom is 0.145 e. The Morgan fingerprint density at radius 2 is 2.05 bits per heavy atom. The van der Waals surface area contributed by atoms with Crippen molar-refractivity contribution in [1.82, 2.24) is 5.32 Å². The Hall–Kier alpha value is -0.600. The van der Waals surface area contributed by atoms with Crippen molar-refractivity contribution in [2.45, 2.75) is 46.1 Å². The van der Waals surface area contributed by atoms with Crippen LogP contribution in [0.5, 0.6) is 0 Å². The lowest BCUT2D eigenvalue weighted by molar-refractivity contribution is 0.289. The van der Waals surface area contributed by atoms with Crippen LogP contribution in [0.25, 0.3) is 0 Å². The molecule has 0 aromatic heterocycles. The van der Waals surface area contributed by atoms with Crippen molar-refractivity contribution in [2.75, 3.05) is 6.54 Å². The van der Waals surface area contributed by atoms with Gasteiger partial charge in [0.25, 0.3) is 0 Å². The first kappa shape index (κ1) is 14.8. The fourth-order valence-electron chi connectivity index (χ4n) is 3.05. The maximum atomic E-state index is 14.1. The highest BCUT2D eigenvalue weighted by Gasteiger charge is 2.36. The monoisotopic (exact) mass is 283 g/mol. The Kier molecular flexibility index (Phi) is 4.22. The Balaban J connectivity index is 2.18. The summed E-state index contributed by atoms with van der Waals surface area (Å²) in [6.45, 7) is 9.78.